The van der Waals surface area contributed by atoms with E-state index in [4.69, 9.17) is 4.74 Å². The predicted molar refractivity (Wildman–Crippen MR) is 77.7 cm³/mol. The van der Waals surface area contributed by atoms with Gasteiger partial charge in [0.25, 0.3) is 5.91 Å². The van der Waals surface area contributed by atoms with Crippen LogP contribution >= 0.6 is 0 Å². The van der Waals surface area contributed by atoms with Gasteiger partial charge in [-0.3, -0.25) is 4.79 Å². The summed E-state index contributed by atoms with van der Waals surface area (Å²) in [7, 11) is 0. The minimum absolute atomic E-state index is 0.0470. The third kappa shape index (κ3) is 3.97. The highest BCUT2D eigenvalue weighted by Crippen LogP contribution is 2.22. The highest BCUT2D eigenvalue weighted by molar-refractivity contribution is 5.77. The summed E-state index contributed by atoms with van der Waals surface area (Å²) in [5.74, 6) is 0.631. The van der Waals surface area contributed by atoms with Crippen LogP contribution in [0.3, 0.4) is 0 Å². The van der Waals surface area contributed by atoms with E-state index in [0.717, 1.165) is 24.0 Å². The van der Waals surface area contributed by atoms with Gasteiger partial charge in [-0.1, -0.05) is 18.9 Å². The van der Waals surface area contributed by atoms with E-state index in [1.165, 1.54) is 12.8 Å². The molecule has 0 radical (unpaired) electrons. The lowest BCUT2D eigenvalue weighted by atomic mass is 10.1. The number of amides is 1. The first-order chi connectivity index (χ1) is 9.56. The number of hydrogen-bond acceptors (Lipinski definition) is 3. The molecule has 1 fully saturated rings. The maximum Gasteiger partial charge on any atom is 0.258 e. The molecule has 20 heavy (non-hydrogen) atoms. The average Bonchev–Trinajstić information content (AvgIpc) is 2.90. The van der Waals surface area contributed by atoms with Gasteiger partial charge in [-0.2, -0.15) is 0 Å². The Bertz CT molecular complexity index is 465. The molecule has 4 nitrogen and oxygen atoms in total. The fourth-order valence-corrected chi connectivity index (χ4v) is 2.58. The van der Waals surface area contributed by atoms with Gasteiger partial charge < -0.3 is 15.2 Å². The molecule has 0 heterocycles. The van der Waals surface area contributed by atoms with Crippen LogP contribution in [0, 0.1) is 6.92 Å². The van der Waals surface area contributed by atoms with Gasteiger partial charge in [0.05, 0.1) is 6.10 Å². The molecule has 0 aliphatic heterocycles. The topological polar surface area (TPSA) is 58.6 Å². The molecule has 1 aliphatic carbocycles. The summed E-state index contributed by atoms with van der Waals surface area (Å²) in [4.78, 5) is 11.8. The Kier molecular flexibility index (Phi) is 5.01. The minimum atomic E-state index is -0.492. The van der Waals surface area contributed by atoms with Gasteiger partial charge in [0.1, 0.15) is 5.75 Å². The summed E-state index contributed by atoms with van der Waals surface area (Å²) in [6, 6.07) is 5.83. The zero-order valence-electron chi connectivity index (χ0n) is 12.2. The van der Waals surface area contributed by atoms with E-state index in [1.54, 1.807) is 13.0 Å². The molecule has 1 aliphatic rings. The normalized spacial score (nSPS) is 16.9. The highest BCUT2D eigenvalue weighted by Gasteiger charge is 2.17. The van der Waals surface area contributed by atoms with Crippen molar-refractivity contribution >= 4 is 5.91 Å². The highest BCUT2D eigenvalue weighted by atomic mass is 16.5. The lowest BCUT2D eigenvalue weighted by Crippen LogP contribution is -2.36. The van der Waals surface area contributed by atoms with Crippen LogP contribution < -0.4 is 10.1 Å². The number of aliphatic hydroxyl groups excluding tert-OH is 1. The van der Waals surface area contributed by atoms with E-state index in [2.05, 4.69) is 5.32 Å². The molecule has 4 heteroatoms. The SMILES string of the molecule is Cc1cc([C@H](C)O)ccc1OCC(=O)NC1CCCC1. The van der Waals surface area contributed by atoms with Crippen LogP contribution in [0.5, 0.6) is 5.75 Å². The number of aryl methyl sites for hydroxylation is 1. The quantitative estimate of drug-likeness (QED) is 0.869. The Morgan fingerprint density at radius 2 is 2.15 bits per heavy atom. The van der Waals surface area contributed by atoms with Crippen molar-refractivity contribution in [3.05, 3.63) is 29.3 Å². The van der Waals surface area contributed by atoms with Crippen molar-refractivity contribution in [2.75, 3.05) is 6.61 Å². The molecule has 0 spiro atoms. The van der Waals surface area contributed by atoms with Crippen LogP contribution in [0.15, 0.2) is 18.2 Å². The van der Waals surface area contributed by atoms with Crippen molar-refractivity contribution in [3.63, 3.8) is 0 Å². The molecule has 1 aromatic carbocycles. The predicted octanol–water partition coefficient (Wildman–Crippen LogP) is 2.49. The first-order valence-electron chi connectivity index (χ1n) is 7.27. The number of aliphatic hydroxyl groups is 1. The van der Waals surface area contributed by atoms with E-state index < -0.39 is 6.10 Å². The summed E-state index contributed by atoms with van der Waals surface area (Å²) in [6.07, 6.45) is 4.06. The van der Waals surface area contributed by atoms with Crippen LogP contribution in [0.2, 0.25) is 0 Å². The lowest BCUT2D eigenvalue weighted by Gasteiger charge is -2.14. The van der Waals surface area contributed by atoms with E-state index in [0.29, 0.717) is 11.8 Å². The fourth-order valence-electron chi connectivity index (χ4n) is 2.58. The molecule has 1 atom stereocenters. The van der Waals surface area contributed by atoms with Gasteiger partial charge in [0.2, 0.25) is 0 Å². The number of nitrogens with one attached hydrogen (secondary N) is 1. The molecule has 1 aromatic rings. The summed E-state index contributed by atoms with van der Waals surface area (Å²) in [6.45, 7) is 3.69. The summed E-state index contributed by atoms with van der Waals surface area (Å²) in [5, 5.41) is 12.5. The second-order valence-electron chi connectivity index (χ2n) is 5.54. The molecule has 2 N–H and O–H groups in total. The molecule has 1 amide bonds. The zero-order valence-corrected chi connectivity index (χ0v) is 12.2. The molecule has 0 bridgehead atoms. The average molecular weight is 277 g/mol. The van der Waals surface area contributed by atoms with Gasteiger partial charge in [-0.15, -0.1) is 0 Å². The van der Waals surface area contributed by atoms with Crippen molar-refractivity contribution in [2.24, 2.45) is 0 Å². The molecule has 0 saturated heterocycles. The van der Waals surface area contributed by atoms with Crippen molar-refractivity contribution in [1.82, 2.24) is 5.32 Å². The van der Waals surface area contributed by atoms with E-state index in [-0.39, 0.29) is 12.5 Å². The summed E-state index contributed by atoms with van der Waals surface area (Å²) >= 11 is 0. The van der Waals surface area contributed by atoms with Crippen LogP contribution in [0.4, 0.5) is 0 Å². The monoisotopic (exact) mass is 277 g/mol. The molecule has 0 unspecified atom stereocenters. The Hall–Kier alpha value is -1.55. The largest absolute Gasteiger partial charge is 0.484 e. The van der Waals surface area contributed by atoms with Gasteiger partial charge >= 0.3 is 0 Å². The third-order valence-corrected chi connectivity index (χ3v) is 3.76. The first kappa shape index (κ1) is 14.9. The maximum atomic E-state index is 11.8. The number of benzene rings is 1. The van der Waals surface area contributed by atoms with Gasteiger partial charge in [-0.05, 0) is 49.9 Å². The molecule has 1 saturated carbocycles. The Morgan fingerprint density at radius 3 is 2.75 bits per heavy atom. The van der Waals surface area contributed by atoms with Crippen molar-refractivity contribution in [3.8, 4) is 5.75 Å². The molecular weight excluding hydrogens is 254 g/mol. The van der Waals surface area contributed by atoms with Gasteiger partial charge in [-0.25, -0.2) is 0 Å². The van der Waals surface area contributed by atoms with Crippen LogP contribution in [-0.4, -0.2) is 23.7 Å². The van der Waals surface area contributed by atoms with Crippen LogP contribution in [0.1, 0.15) is 49.8 Å². The first-order valence-corrected chi connectivity index (χ1v) is 7.27. The third-order valence-electron chi connectivity index (χ3n) is 3.76. The lowest BCUT2D eigenvalue weighted by molar-refractivity contribution is -0.123. The Balaban J connectivity index is 1.85. The van der Waals surface area contributed by atoms with Crippen LogP contribution in [0.25, 0.3) is 0 Å². The van der Waals surface area contributed by atoms with Gasteiger partial charge in [0, 0.05) is 6.04 Å². The maximum absolute atomic E-state index is 11.8. The standard InChI is InChI=1S/C16H23NO3/c1-11-9-13(12(2)18)7-8-15(11)20-10-16(19)17-14-5-3-4-6-14/h7-9,12,14,18H,3-6,10H2,1-2H3,(H,17,19)/t12-/m0/s1. The fraction of sp³-hybridized carbons (Fsp3) is 0.562. The van der Waals surface area contributed by atoms with Crippen molar-refractivity contribution in [2.45, 2.75) is 51.7 Å². The van der Waals surface area contributed by atoms with E-state index >= 15 is 0 Å². The summed E-state index contributed by atoms with van der Waals surface area (Å²) < 4.78 is 5.55. The van der Waals surface area contributed by atoms with E-state index in [1.807, 2.05) is 19.1 Å². The molecule has 0 aromatic heterocycles. The van der Waals surface area contributed by atoms with Crippen LogP contribution in [-0.2, 0) is 4.79 Å². The van der Waals surface area contributed by atoms with Gasteiger partial charge in [0.15, 0.2) is 6.61 Å². The van der Waals surface area contributed by atoms with E-state index in [9.17, 15) is 9.90 Å². The molecule has 110 valence electrons. The second kappa shape index (κ2) is 6.75. The van der Waals surface area contributed by atoms with Crippen molar-refractivity contribution < 1.29 is 14.6 Å². The minimum Gasteiger partial charge on any atom is -0.484 e. The number of rotatable bonds is 5. The molecule has 2 rings (SSSR count). The number of carbonyl (C=O) groups excluding carboxylic acids is 1. The zero-order chi connectivity index (χ0) is 14.5. The summed E-state index contributed by atoms with van der Waals surface area (Å²) in [5.41, 5.74) is 1.78. The number of hydrogen-bond donors (Lipinski definition) is 2. The Labute approximate surface area is 120 Å². The number of ether oxygens (including phenoxy) is 1. The second-order valence-corrected chi connectivity index (χ2v) is 5.54. The smallest absolute Gasteiger partial charge is 0.258 e. The van der Waals surface area contributed by atoms with Crippen molar-refractivity contribution in [1.29, 1.82) is 0 Å². The molecular formula is C16H23NO3. The Morgan fingerprint density at radius 1 is 1.45 bits per heavy atom. The number of carbonyl (C=O) groups is 1.